The Morgan fingerprint density at radius 3 is 2.85 bits per heavy atom. The molecule has 1 unspecified atom stereocenters. The Kier molecular flexibility index (Phi) is 3.61. The van der Waals surface area contributed by atoms with Gasteiger partial charge in [-0.3, -0.25) is 4.79 Å². The number of aromatic nitrogens is 1. The lowest BCUT2D eigenvalue weighted by Gasteiger charge is -2.33. The second-order valence-electron chi connectivity index (χ2n) is 5.89. The molecule has 4 N–H and O–H groups in total. The number of pyridine rings is 1. The van der Waals surface area contributed by atoms with Crippen LogP contribution in [-0.2, 0) is 12.8 Å². The lowest BCUT2D eigenvalue weighted by Crippen LogP contribution is -2.44. The van der Waals surface area contributed by atoms with E-state index in [0.29, 0.717) is 5.56 Å². The Labute approximate surface area is 119 Å². The Hall–Kier alpha value is -1.62. The molecule has 20 heavy (non-hydrogen) atoms. The number of anilines is 1. The summed E-state index contributed by atoms with van der Waals surface area (Å²) in [7, 11) is 0. The number of piperidine rings is 1. The van der Waals surface area contributed by atoms with Crippen molar-refractivity contribution in [2.75, 3.05) is 18.0 Å². The van der Waals surface area contributed by atoms with Crippen molar-refractivity contribution in [2.24, 2.45) is 11.5 Å². The molecule has 1 fully saturated rings. The molecule has 5 nitrogen and oxygen atoms in total. The maximum absolute atomic E-state index is 11.8. The first-order valence-corrected chi connectivity index (χ1v) is 7.48. The molecule has 1 amide bonds. The van der Waals surface area contributed by atoms with Crippen LogP contribution in [0.4, 0.5) is 5.82 Å². The van der Waals surface area contributed by atoms with Gasteiger partial charge in [-0.15, -0.1) is 0 Å². The van der Waals surface area contributed by atoms with Crippen LogP contribution >= 0.6 is 0 Å². The molecule has 0 radical (unpaired) electrons. The first kappa shape index (κ1) is 13.4. The Bertz CT molecular complexity index is 529. The van der Waals surface area contributed by atoms with Crippen LogP contribution in [0.25, 0.3) is 0 Å². The fourth-order valence-corrected chi connectivity index (χ4v) is 3.25. The number of nitrogens with two attached hydrogens (primary N) is 2. The van der Waals surface area contributed by atoms with E-state index in [1.165, 1.54) is 18.4 Å². The molecule has 0 bridgehead atoms. The molecular formula is C15H22N4O. The first-order chi connectivity index (χ1) is 9.65. The van der Waals surface area contributed by atoms with E-state index < -0.39 is 0 Å². The van der Waals surface area contributed by atoms with Gasteiger partial charge in [0, 0.05) is 24.8 Å². The molecule has 1 aliphatic carbocycles. The van der Waals surface area contributed by atoms with E-state index in [0.717, 1.165) is 50.3 Å². The van der Waals surface area contributed by atoms with Gasteiger partial charge in [0.05, 0.1) is 5.56 Å². The van der Waals surface area contributed by atoms with Crippen molar-refractivity contribution in [1.29, 1.82) is 0 Å². The molecular weight excluding hydrogens is 252 g/mol. The number of fused-ring (bicyclic) bond motifs is 1. The molecule has 0 spiro atoms. The minimum atomic E-state index is -0.389. The van der Waals surface area contributed by atoms with E-state index in [9.17, 15) is 4.79 Å². The largest absolute Gasteiger partial charge is 0.365 e. The maximum Gasteiger partial charge on any atom is 0.252 e. The summed E-state index contributed by atoms with van der Waals surface area (Å²) in [5, 5.41) is 0. The van der Waals surface area contributed by atoms with Crippen LogP contribution in [0.5, 0.6) is 0 Å². The van der Waals surface area contributed by atoms with E-state index in [1.807, 2.05) is 6.07 Å². The number of aryl methyl sites for hydroxylation is 2. The van der Waals surface area contributed by atoms with Crippen LogP contribution in [-0.4, -0.2) is 30.0 Å². The van der Waals surface area contributed by atoms with E-state index >= 15 is 0 Å². The predicted octanol–water partition coefficient (Wildman–Crippen LogP) is 0.987. The zero-order valence-electron chi connectivity index (χ0n) is 11.8. The Morgan fingerprint density at radius 2 is 2.10 bits per heavy atom. The number of hydrogen-bond acceptors (Lipinski definition) is 4. The normalized spacial score (nSPS) is 22.4. The summed E-state index contributed by atoms with van der Waals surface area (Å²) >= 11 is 0. The van der Waals surface area contributed by atoms with Gasteiger partial charge in [-0.1, -0.05) is 0 Å². The van der Waals surface area contributed by atoms with E-state index in [2.05, 4.69) is 4.90 Å². The van der Waals surface area contributed by atoms with Gasteiger partial charge < -0.3 is 16.4 Å². The van der Waals surface area contributed by atoms with Crippen LogP contribution in [0.2, 0.25) is 0 Å². The molecule has 0 aromatic carbocycles. The summed E-state index contributed by atoms with van der Waals surface area (Å²) in [6.45, 7) is 1.66. The van der Waals surface area contributed by atoms with Crippen LogP contribution in [0, 0.1) is 0 Å². The Balaban J connectivity index is 2.01. The highest BCUT2D eigenvalue weighted by Crippen LogP contribution is 2.28. The van der Waals surface area contributed by atoms with Gasteiger partial charge >= 0.3 is 0 Å². The predicted molar refractivity (Wildman–Crippen MR) is 78.8 cm³/mol. The average Bonchev–Trinajstić information content (AvgIpc) is 2.46. The minimum Gasteiger partial charge on any atom is -0.365 e. The zero-order chi connectivity index (χ0) is 14.1. The molecule has 5 heteroatoms. The third-order valence-corrected chi connectivity index (χ3v) is 4.30. The number of carbonyl (C=O) groups is 1. The molecule has 108 valence electrons. The zero-order valence-corrected chi connectivity index (χ0v) is 11.8. The van der Waals surface area contributed by atoms with Crippen molar-refractivity contribution in [1.82, 2.24) is 4.98 Å². The standard InChI is InChI=1S/C15H22N4O/c16-11-5-3-7-19(9-11)15-12(14(17)20)8-10-4-1-2-6-13(10)18-15/h8,11H,1-7,9,16H2,(H2,17,20). The molecule has 2 heterocycles. The second-order valence-corrected chi connectivity index (χ2v) is 5.89. The number of amides is 1. The lowest BCUT2D eigenvalue weighted by atomic mass is 9.94. The molecule has 2 aliphatic rings. The number of primary amides is 1. The molecule has 1 aromatic heterocycles. The number of nitrogens with zero attached hydrogens (tertiary/aromatic N) is 2. The van der Waals surface area contributed by atoms with Crippen molar-refractivity contribution < 1.29 is 4.79 Å². The fourth-order valence-electron chi connectivity index (χ4n) is 3.25. The first-order valence-electron chi connectivity index (χ1n) is 7.48. The summed E-state index contributed by atoms with van der Waals surface area (Å²) < 4.78 is 0. The fraction of sp³-hybridized carbons (Fsp3) is 0.600. The van der Waals surface area contributed by atoms with Crippen LogP contribution in [0.15, 0.2) is 6.07 Å². The van der Waals surface area contributed by atoms with Crippen molar-refractivity contribution in [2.45, 2.75) is 44.6 Å². The lowest BCUT2D eigenvalue weighted by molar-refractivity contribution is 0.1000. The van der Waals surface area contributed by atoms with Crippen molar-refractivity contribution in [3.8, 4) is 0 Å². The monoisotopic (exact) mass is 274 g/mol. The topological polar surface area (TPSA) is 85.2 Å². The van der Waals surface area contributed by atoms with E-state index in [1.54, 1.807) is 0 Å². The third kappa shape index (κ3) is 2.50. The van der Waals surface area contributed by atoms with Gasteiger partial charge in [0.15, 0.2) is 0 Å². The number of hydrogen-bond donors (Lipinski definition) is 2. The SMILES string of the molecule is NC(=O)c1cc2c(nc1N1CCCC(N)C1)CCCC2. The smallest absolute Gasteiger partial charge is 0.252 e. The van der Waals surface area contributed by atoms with Gasteiger partial charge in [0.1, 0.15) is 5.82 Å². The molecule has 3 rings (SSSR count). The van der Waals surface area contributed by atoms with E-state index in [-0.39, 0.29) is 11.9 Å². The highest BCUT2D eigenvalue weighted by Gasteiger charge is 2.24. The maximum atomic E-state index is 11.8. The summed E-state index contributed by atoms with van der Waals surface area (Å²) in [6, 6.07) is 2.11. The van der Waals surface area contributed by atoms with Crippen LogP contribution < -0.4 is 16.4 Å². The molecule has 0 saturated carbocycles. The minimum absolute atomic E-state index is 0.155. The summed E-state index contributed by atoms with van der Waals surface area (Å²) in [5.74, 6) is 0.355. The summed E-state index contributed by atoms with van der Waals surface area (Å²) in [4.78, 5) is 18.6. The van der Waals surface area contributed by atoms with Crippen LogP contribution in [0.3, 0.4) is 0 Å². The quantitative estimate of drug-likeness (QED) is 0.842. The molecule has 1 aliphatic heterocycles. The summed E-state index contributed by atoms with van der Waals surface area (Å²) in [6.07, 6.45) is 6.42. The summed E-state index contributed by atoms with van der Waals surface area (Å²) in [5.41, 5.74) is 14.5. The van der Waals surface area contributed by atoms with Gasteiger partial charge in [0.2, 0.25) is 0 Å². The van der Waals surface area contributed by atoms with Gasteiger partial charge in [-0.2, -0.15) is 0 Å². The van der Waals surface area contributed by atoms with E-state index in [4.69, 9.17) is 16.5 Å². The molecule has 1 aromatic rings. The van der Waals surface area contributed by atoms with Crippen molar-refractivity contribution in [3.05, 3.63) is 22.9 Å². The van der Waals surface area contributed by atoms with Gasteiger partial charge in [-0.05, 0) is 50.2 Å². The Morgan fingerprint density at radius 1 is 1.30 bits per heavy atom. The third-order valence-electron chi connectivity index (χ3n) is 4.30. The molecule has 1 saturated heterocycles. The highest BCUT2D eigenvalue weighted by molar-refractivity contribution is 5.98. The number of carbonyl (C=O) groups excluding carboxylic acids is 1. The van der Waals surface area contributed by atoms with Gasteiger partial charge in [-0.25, -0.2) is 4.98 Å². The van der Waals surface area contributed by atoms with Crippen molar-refractivity contribution in [3.63, 3.8) is 0 Å². The molecule has 1 atom stereocenters. The second kappa shape index (κ2) is 5.40. The van der Waals surface area contributed by atoms with Gasteiger partial charge in [0.25, 0.3) is 5.91 Å². The van der Waals surface area contributed by atoms with Crippen molar-refractivity contribution >= 4 is 11.7 Å². The van der Waals surface area contributed by atoms with Crippen LogP contribution in [0.1, 0.15) is 47.3 Å². The highest BCUT2D eigenvalue weighted by atomic mass is 16.1. The average molecular weight is 274 g/mol. The number of rotatable bonds is 2.